The first-order valence-corrected chi connectivity index (χ1v) is 7.26. The molecule has 1 aromatic heterocycles. The summed E-state index contributed by atoms with van der Waals surface area (Å²) >= 11 is 5.24. The second-order valence-electron chi connectivity index (χ2n) is 4.46. The van der Waals surface area contributed by atoms with Gasteiger partial charge in [0.1, 0.15) is 0 Å². The third-order valence-electron chi connectivity index (χ3n) is 2.54. The molecule has 0 fully saturated rings. The van der Waals surface area contributed by atoms with Crippen molar-refractivity contribution in [3.8, 4) is 0 Å². The quantitative estimate of drug-likeness (QED) is 0.842. The van der Waals surface area contributed by atoms with Gasteiger partial charge in [-0.05, 0) is 60.8 Å². The Morgan fingerprint density at radius 1 is 1.38 bits per heavy atom. The van der Waals surface area contributed by atoms with Gasteiger partial charge in [-0.3, -0.25) is 0 Å². The van der Waals surface area contributed by atoms with Crippen molar-refractivity contribution in [1.29, 1.82) is 0 Å². The van der Waals surface area contributed by atoms with E-state index in [2.05, 4.69) is 47.2 Å². The summed E-state index contributed by atoms with van der Waals surface area (Å²) in [6, 6.07) is 4.61. The van der Waals surface area contributed by atoms with Gasteiger partial charge in [-0.2, -0.15) is 0 Å². The van der Waals surface area contributed by atoms with Gasteiger partial charge in [-0.15, -0.1) is 11.3 Å². The SMILES string of the molecule is CC(O)CC(C)CNC(C)c1ccc(Br)s1. The predicted octanol–water partition coefficient (Wildman–Crippen LogP) is 3.57. The van der Waals surface area contributed by atoms with Crippen LogP contribution in [0, 0.1) is 5.92 Å². The summed E-state index contributed by atoms with van der Waals surface area (Å²) in [5.41, 5.74) is 0. The third-order valence-corrected chi connectivity index (χ3v) is 4.34. The lowest BCUT2D eigenvalue weighted by molar-refractivity contribution is 0.162. The van der Waals surface area contributed by atoms with Gasteiger partial charge in [-0.25, -0.2) is 0 Å². The fourth-order valence-corrected chi connectivity index (χ4v) is 3.16. The summed E-state index contributed by atoms with van der Waals surface area (Å²) in [5.74, 6) is 0.505. The summed E-state index contributed by atoms with van der Waals surface area (Å²) in [4.78, 5) is 1.34. The molecule has 0 aliphatic carbocycles. The maximum atomic E-state index is 9.28. The van der Waals surface area contributed by atoms with Gasteiger partial charge in [0.05, 0.1) is 9.89 Å². The van der Waals surface area contributed by atoms with Gasteiger partial charge >= 0.3 is 0 Å². The van der Waals surface area contributed by atoms with Crippen LogP contribution in [0.1, 0.15) is 38.1 Å². The minimum Gasteiger partial charge on any atom is -0.393 e. The smallest absolute Gasteiger partial charge is 0.0701 e. The number of hydrogen-bond acceptors (Lipinski definition) is 3. The van der Waals surface area contributed by atoms with Crippen LogP contribution in [-0.4, -0.2) is 17.8 Å². The molecule has 0 saturated carbocycles. The fourth-order valence-electron chi connectivity index (χ4n) is 1.71. The van der Waals surface area contributed by atoms with Crippen LogP contribution in [0.15, 0.2) is 15.9 Å². The molecular formula is C12H20BrNOS. The zero-order valence-corrected chi connectivity index (χ0v) is 12.4. The summed E-state index contributed by atoms with van der Waals surface area (Å²) in [7, 11) is 0. The van der Waals surface area contributed by atoms with Gasteiger partial charge in [0, 0.05) is 10.9 Å². The molecule has 1 rings (SSSR count). The van der Waals surface area contributed by atoms with E-state index in [0.29, 0.717) is 12.0 Å². The molecule has 92 valence electrons. The summed E-state index contributed by atoms with van der Waals surface area (Å²) in [5, 5.41) is 12.8. The highest BCUT2D eigenvalue weighted by Gasteiger charge is 2.10. The number of halogens is 1. The lowest BCUT2D eigenvalue weighted by atomic mass is 10.0. The van der Waals surface area contributed by atoms with Crippen LogP contribution in [0.2, 0.25) is 0 Å². The number of aliphatic hydroxyl groups excluding tert-OH is 1. The molecule has 1 aromatic rings. The van der Waals surface area contributed by atoms with E-state index in [1.165, 1.54) is 8.66 Å². The molecule has 0 amide bonds. The van der Waals surface area contributed by atoms with Crippen molar-refractivity contribution in [1.82, 2.24) is 5.32 Å². The van der Waals surface area contributed by atoms with Gasteiger partial charge in [-0.1, -0.05) is 6.92 Å². The molecule has 2 nitrogen and oxygen atoms in total. The molecule has 0 spiro atoms. The molecule has 0 aliphatic rings. The Morgan fingerprint density at radius 3 is 2.56 bits per heavy atom. The second-order valence-corrected chi connectivity index (χ2v) is 6.96. The average molecular weight is 306 g/mol. The predicted molar refractivity (Wildman–Crippen MR) is 73.9 cm³/mol. The fraction of sp³-hybridized carbons (Fsp3) is 0.667. The summed E-state index contributed by atoms with van der Waals surface area (Å²) < 4.78 is 1.17. The molecule has 1 heterocycles. The minimum absolute atomic E-state index is 0.206. The Hall–Kier alpha value is 0.1000. The van der Waals surface area contributed by atoms with Crippen molar-refractivity contribution in [3.05, 3.63) is 20.8 Å². The van der Waals surface area contributed by atoms with Crippen molar-refractivity contribution < 1.29 is 5.11 Å². The van der Waals surface area contributed by atoms with E-state index in [9.17, 15) is 5.11 Å². The van der Waals surface area contributed by atoms with E-state index in [1.54, 1.807) is 11.3 Å². The van der Waals surface area contributed by atoms with Gasteiger partial charge < -0.3 is 10.4 Å². The maximum Gasteiger partial charge on any atom is 0.0701 e. The Bertz CT molecular complexity index is 314. The molecular weight excluding hydrogens is 286 g/mol. The van der Waals surface area contributed by atoms with Crippen LogP contribution >= 0.6 is 27.3 Å². The Labute approximate surface area is 110 Å². The summed E-state index contributed by atoms with van der Waals surface area (Å²) in [6.07, 6.45) is 0.649. The van der Waals surface area contributed by atoms with Crippen LogP contribution in [-0.2, 0) is 0 Å². The largest absolute Gasteiger partial charge is 0.393 e. The normalized spacial score (nSPS) is 17.1. The Morgan fingerprint density at radius 2 is 2.06 bits per heavy atom. The second kappa shape index (κ2) is 6.74. The van der Waals surface area contributed by atoms with E-state index in [4.69, 9.17) is 0 Å². The molecule has 3 atom stereocenters. The lowest BCUT2D eigenvalue weighted by Gasteiger charge is -2.17. The molecule has 4 heteroatoms. The number of nitrogens with one attached hydrogen (secondary N) is 1. The van der Waals surface area contributed by atoms with E-state index in [-0.39, 0.29) is 6.10 Å². The van der Waals surface area contributed by atoms with E-state index in [0.717, 1.165) is 13.0 Å². The lowest BCUT2D eigenvalue weighted by Crippen LogP contribution is -2.25. The average Bonchev–Trinajstić information content (AvgIpc) is 2.60. The molecule has 0 bridgehead atoms. The number of aliphatic hydroxyl groups is 1. The van der Waals surface area contributed by atoms with Gasteiger partial charge in [0.15, 0.2) is 0 Å². The molecule has 16 heavy (non-hydrogen) atoms. The molecule has 0 aliphatic heterocycles. The molecule has 0 saturated heterocycles. The van der Waals surface area contributed by atoms with Crippen molar-refractivity contribution in [3.63, 3.8) is 0 Å². The van der Waals surface area contributed by atoms with Crippen molar-refractivity contribution in [2.75, 3.05) is 6.54 Å². The van der Waals surface area contributed by atoms with E-state index >= 15 is 0 Å². The van der Waals surface area contributed by atoms with Crippen molar-refractivity contribution in [2.45, 2.75) is 39.3 Å². The van der Waals surface area contributed by atoms with Crippen molar-refractivity contribution in [2.24, 2.45) is 5.92 Å². The molecule has 0 radical (unpaired) electrons. The zero-order valence-electron chi connectivity index (χ0n) is 10.0. The maximum absolute atomic E-state index is 9.28. The first-order valence-electron chi connectivity index (χ1n) is 5.65. The highest BCUT2D eigenvalue weighted by molar-refractivity contribution is 9.11. The zero-order chi connectivity index (χ0) is 12.1. The van der Waals surface area contributed by atoms with Gasteiger partial charge in [0.25, 0.3) is 0 Å². The first-order chi connectivity index (χ1) is 7.49. The number of thiophene rings is 1. The number of hydrogen-bond donors (Lipinski definition) is 2. The first kappa shape index (κ1) is 14.2. The third kappa shape index (κ3) is 4.95. The van der Waals surface area contributed by atoms with Crippen LogP contribution in [0.4, 0.5) is 0 Å². The standard InChI is InChI=1S/C12H20BrNOS/c1-8(6-9(2)15)7-14-10(3)11-4-5-12(13)16-11/h4-5,8-10,14-15H,6-7H2,1-3H3. The van der Waals surface area contributed by atoms with Crippen LogP contribution < -0.4 is 5.32 Å². The van der Waals surface area contributed by atoms with Gasteiger partial charge in [0.2, 0.25) is 0 Å². The molecule has 0 aromatic carbocycles. The van der Waals surface area contributed by atoms with E-state index < -0.39 is 0 Å². The van der Waals surface area contributed by atoms with Crippen LogP contribution in [0.5, 0.6) is 0 Å². The summed E-state index contributed by atoms with van der Waals surface area (Å²) in [6.45, 7) is 7.13. The highest BCUT2D eigenvalue weighted by Crippen LogP contribution is 2.27. The minimum atomic E-state index is -0.206. The monoisotopic (exact) mass is 305 g/mol. The number of rotatable bonds is 6. The topological polar surface area (TPSA) is 32.3 Å². The van der Waals surface area contributed by atoms with Crippen LogP contribution in [0.3, 0.4) is 0 Å². The van der Waals surface area contributed by atoms with Crippen LogP contribution in [0.25, 0.3) is 0 Å². The Balaban J connectivity index is 2.32. The van der Waals surface area contributed by atoms with E-state index in [1.807, 2.05) is 6.92 Å². The van der Waals surface area contributed by atoms with Crippen molar-refractivity contribution >= 4 is 27.3 Å². The molecule has 3 unspecified atom stereocenters. The molecule has 2 N–H and O–H groups in total. The highest BCUT2D eigenvalue weighted by atomic mass is 79.9. The Kier molecular flexibility index (Phi) is 5.97.